The number of aryl methyl sites for hydroxylation is 1. The standard InChI is InChI=1S/C17H13ClF2N2O2S2/c1-11-21-14(10-25-11)9-22(15-5-2-12(19)3-6-15)26(23,24)17-7-4-13(20)8-16(17)18/h2-8,10H,9H2,1H3. The van der Waals surface area contributed by atoms with E-state index in [0.29, 0.717) is 5.69 Å². The number of benzene rings is 2. The number of hydrogen-bond donors (Lipinski definition) is 0. The Morgan fingerprint density at radius 3 is 2.35 bits per heavy atom. The van der Waals surface area contributed by atoms with E-state index in [-0.39, 0.29) is 22.2 Å². The third-order valence-electron chi connectivity index (χ3n) is 3.55. The van der Waals surface area contributed by atoms with Gasteiger partial charge >= 0.3 is 0 Å². The van der Waals surface area contributed by atoms with Crippen LogP contribution in [0.15, 0.2) is 52.7 Å². The molecule has 0 aliphatic carbocycles. The summed E-state index contributed by atoms with van der Waals surface area (Å²) in [5.74, 6) is -1.13. The van der Waals surface area contributed by atoms with E-state index in [4.69, 9.17) is 11.6 Å². The van der Waals surface area contributed by atoms with Crippen LogP contribution in [0.5, 0.6) is 0 Å². The summed E-state index contributed by atoms with van der Waals surface area (Å²) in [6.45, 7) is 1.74. The quantitative estimate of drug-likeness (QED) is 0.603. The van der Waals surface area contributed by atoms with E-state index in [9.17, 15) is 17.2 Å². The molecule has 136 valence electrons. The molecule has 0 bridgehead atoms. The molecule has 0 atom stereocenters. The second-order valence-electron chi connectivity index (χ2n) is 5.42. The molecule has 9 heteroatoms. The zero-order chi connectivity index (χ0) is 18.9. The molecule has 4 nitrogen and oxygen atoms in total. The number of aromatic nitrogens is 1. The van der Waals surface area contributed by atoms with Gasteiger partial charge in [0, 0.05) is 5.38 Å². The summed E-state index contributed by atoms with van der Waals surface area (Å²) in [5, 5.41) is 2.30. The van der Waals surface area contributed by atoms with Gasteiger partial charge < -0.3 is 0 Å². The molecule has 0 unspecified atom stereocenters. The average molecular weight is 415 g/mol. The van der Waals surface area contributed by atoms with Crippen molar-refractivity contribution < 1.29 is 17.2 Å². The predicted molar refractivity (Wildman–Crippen MR) is 98.0 cm³/mol. The van der Waals surface area contributed by atoms with Crippen LogP contribution in [0, 0.1) is 18.6 Å². The maximum absolute atomic E-state index is 13.3. The molecule has 0 spiro atoms. The molecule has 0 aliphatic heterocycles. The summed E-state index contributed by atoms with van der Waals surface area (Å²) in [6, 6.07) is 8.09. The lowest BCUT2D eigenvalue weighted by atomic mass is 10.3. The Morgan fingerprint density at radius 2 is 1.77 bits per heavy atom. The number of anilines is 1. The second-order valence-corrected chi connectivity index (χ2v) is 8.72. The first-order valence-corrected chi connectivity index (χ1v) is 10.1. The van der Waals surface area contributed by atoms with E-state index in [1.165, 1.54) is 23.5 Å². The van der Waals surface area contributed by atoms with Gasteiger partial charge in [-0.1, -0.05) is 11.6 Å². The summed E-state index contributed by atoms with van der Waals surface area (Å²) in [6.07, 6.45) is 0. The van der Waals surface area contributed by atoms with Gasteiger partial charge in [-0.25, -0.2) is 22.2 Å². The molecular weight excluding hydrogens is 402 g/mol. The van der Waals surface area contributed by atoms with Crippen molar-refractivity contribution in [3.05, 3.63) is 75.2 Å². The lowest BCUT2D eigenvalue weighted by Gasteiger charge is -2.24. The van der Waals surface area contributed by atoms with Gasteiger partial charge in [0.15, 0.2) is 0 Å². The molecule has 26 heavy (non-hydrogen) atoms. The Labute approximate surface area is 158 Å². The van der Waals surface area contributed by atoms with Crippen LogP contribution in [-0.4, -0.2) is 13.4 Å². The van der Waals surface area contributed by atoms with Crippen molar-refractivity contribution in [1.29, 1.82) is 0 Å². The van der Waals surface area contributed by atoms with Crippen LogP contribution in [0.25, 0.3) is 0 Å². The number of rotatable bonds is 5. The van der Waals surface area contributed by atoms with Crippen molar-refractivity contribution in [1.82, 2.24) is 4.98 Å². The van der Waals surface area contributed by atoms with Gasteiger partial charge in [0.25, 0.3) is 10.0 Å². The zero-order valence-electron chi connectivity index (χ0n) is 13.5. The molecule has 0 aliphatic rings. The van der Waals surface area contributed by atoms with Crippen molar-refractivity contribution in [2.45, 2.75) is 18.4 Å². The van der Waals surface area contributed by atoms with E-state index in [1.807, 2.05) is 6.92 Å². The molecule has 0 saturated carbocycles. The van der Waals surface area contributed by atoms with E-state index in [1.54, 1.807) is 5.38 Å². The number of nitrogens with zero attached hydrogens (tertiary/aromatic N) is 2. The third kappa shape index (κ3) is 3.87. The summed E-state index contributed by atoms with van der Waals surface area (Å²) in [7, 11) is -4.13. The SMILES string of the molecule is Cc1nc(CN(c2ccc(F)cc2)S(=O)(=O)c2ccc(F)cc2Cl)cs1. The lowest BCUT2D eigenvalue weighted by Crippen LogP contribution is -2.31. The first kappa shape index (κ1) is 18.8. The maximum atomic E-state index is 13.3. The Balaban J connectivity index is 2.10. The highest BCUT2D eigenvalue weighted by Gasteiger charge is 2.28. The molecule has 0 N–H and O–H groups in total. The molecule has 0 radical (unpaired) electrons. The minimum atomic E-state index is -4.13. The fraction of sp³-hybridized carbons (Fsp3) is 0.118. The smallest absolute Gasteiger partial charge is 0.260 e. The van der Waals surface area contributed by atoms with E-state index < -0.39 is 21.7 Å². The summed E-state index contributed by atoms with van der Waals surface area (Å²) >= 11 is 7.35. The van der Waals surface area contributed by atoms with Crippen LogP contribution in [0.3, 0.4) is 0 Å². The number of hydrogen-bond acceptors (Lipinski definition) is 4. The van der Waals surface area contributed by atoms with Gasteiger partial charge in [0.05, 0.1) is 28.0 Å². The third-order valence-corrected chi connectivity index (χ3v) is 6.63. The second kappa shape index (κ2) is 7.30. The Morgan fingerprint density at radius 1 is 1.12 bits per heavy atom. The van der Waals surface area contributed by atoms with Crippen LogP contribution >= 0.6 is 22.9 Å². The minimum absolute atomic E-state index is 0.0635. The van der Waals surface area contributed by atoms with Gasteiger partial charge in [0.2, 0.25) is 0 Å². The highest BCUT2D eigenvalue weighted by molar-refractivity contribution is 7.93. The van der Waals surface area contributed by atoms with Gasteiger partial charge in [-0.15, -0.1) is 11.3 Å². The van der Waals surface area contributed by atoms with Crippen molar-refractivity contribution in [2.75, 3.05) is 4.31 Å². The predicted octanol–water partition coefficient (Wildman–Crippen LogP) is 4.78. The highest BCUT2D eigenvalue weighted by Crippen LogP contribution is 2.30. The monoisotopic (exact) mass is 414 g/mol. The summed E-state index contributed by atoms with van der Waals surface area (Å²) in [5.41, 5.74) is 0.788. The lowest BCUT2D eigenvalue weighted by molar-refractivity contribution is 0.588. The Bertz CT molecular complexity index is 1040. The van der Waals surface area contributed by atoms with Crippen LogP contribution in [0.1, 0.15) is 10.7 Å². The first-order chi connectivity index (χ1) is 12.3. The molecular formula is C17H13ClF2N2O2S2. The van der Waals surface area contributed by atoms with E-state index >= 15 is 0 Å². The molecule has 0 fully saturated rings. The zero-order valence-corrected chi connectivity index (χ0v) is 15.9. The van der Waals surface area contributed by atoms with Gasteiger partial charge in [0.1, 0.15) is 16.5 Å². The Kier molecular flexibility index (Phi) is 5.27. The maximum Gasteiger partial charge on any atom is 0.266 e. The molecule has 0 saturated heterocycles. The topological polar surface area (TPSA) is 50.3 Å². The highest BCUT2D eigenvalue weighted by atomic mass is 35.5. The summed E-state index contributed by atoms with van der Waals surface area (Å²) < 4.78 is 54.0. The van der Waals surface area contributed by atoms with Crippen LogP contribution < -0.4 is 4.31 Å². The Hall–Kier alpha value is -2.03. The van der Waals surface area contributed by atoms with E-state index in [2.05, 4.69) is 4.98 Å². The molecule has 1 aromatic heterocycles. The van der Waals surface area contributed by atoms with Crippen molar-refractivity contribution in [2.24, 2.45) is 0 Å². The van der Waals surface area contributed by atoms with Gasteiger partial charge in [-0.05, 0) is 49.4 Å². The first-order valence-electron chi connectivity index (χ1n) is 7.42. The van der Waals surface area contributed by atoms with E-state index in [0.717, 1.165) is 39.6 Å². The van der Waals surface area contributed by atoms with Gasteiger partial charge in [-0.3, -0.25) is 4.31 Å². The molecule has 3 rings (SSSR count). The molecule has 1 heterocycles. The fourth-order valence-corrected chi connectivity index (χ4v) is 4.90. The molecule has 3 aromatic rings. The van der Waals surface area contributed by atoms with Crippen molar-refractivity contribution >= 4 is 38.6 Å². The average Bonchev–Trinajstić information content (AvgIpc) is 2.98. The number of sulfonamides is 1. The largest absolute Gasteiger partial charge is 0.266 e. The van der Waals surface area contributed by atoms with Crippen molar-refractivity contribution in [3.8, 4) is 0 Å². The summed E-state index contributed by atoms with van der Waals surface area (Å²) in [4.78, 5) is 4.04. The molecule has 2 aromatic carbocycles. The minimum Gasteiger partial charge on any atom is -0.260 e. The number of thiazole rings is 1. The number of halogens is 3. The molecule has 0 amide bonds. The van der Waals surface area contributed by atoms with Crippen LogP contribution in [-0.2, 0) is 16.6 Å². The van der Waals surface area contributed by atoms with Crippen molar-refractivity contribution in [3.63, 3.8) is 0 Å². The van der Waals surface area contributed by atoms with Crippen LogP contribution in [0.2, 0.25) is 5.02 Å². The van der Waals surface area contributed by atoms with Gasteiger partial charge in [-0.2, -0.15) is 0 Å². The fourth-order valence-electron chi connectivity index (χ4n) is 2.35. The normalized spacial score (nSPS) is 11.5. The van der Waals surface area contributed by atoms with Crippen LogP contribution in [0.4, 0.5) is 14.5 Å².